The maximum Gasteiger partial charge on any atom is 0.0936 e. The van der Waals surface area contributed by atoms with Crippen LogP contribution in [-0.2, 0) is 4.74 Å². The van der Waals surface area contributed by atoms with Gasteiger partial charge in [-0.3, -0.25) is 0 Å². The first-order valence-electron chi connectivity index (χ1n) is 4.91. The zero-order valence-electron chi connectivity index (χ0n) is 8.34. The molecule has 0 bridgehead atoms. The Morgan fingerprint density at radius 2 is 2.17 bits per heavy atom. The number of nitrogens with zero attached hydrogens (tertiary/aromatic N) is 1. The molecule has 2 rings (SSSR count). The Hall–Kier alpha value is -0.0800. The van der Waals surface area contributed by atoms with Crippen LogP contribution in [0.3, 0.4) is 0 Å². The normalized spacial score (nSPS) is 38.0. The van der Waals surface area contributed by atoms with Crippen LogP contribution in [0.15, 0.2) is 0 Å². The van der Waals surface area contributed by atoms with Gasteiger partial charge in [0.1, 0.15) is 0 Å². The van der Waals surface area contributed by atoms with Crippen molar-refractivity contribution in [1.29, 1.82) is 0 Å². The van der Waals surface area contributed by atoms with Gasteiger partial charge in [0, 0.05) is 12.6 Å². The molecule has 1 aliphatic carbocycles. The molecule has 2 heteroatoms. The fourth-order valence-corrected chi connectivity index (χ4v) is 2.29. The number of hydrogen-bond donors (Lipinski definition) is 0. The smallest absolute Gasteiger partial charge is 0.0936 e. The molecule has 1 saturated heterocycles. The summed E-state index contributed by atoms with van der Waals surface area (Å²) in [6.45, 7) is 6.85. The molecule has 1 heterocycles. The van der Waals surface area contributed by atoms with Gasteiger partial charge in [0.25, 0.3) is 0 Å². The fraction of sp³-hybridized carbons (Fsp3) is 1.00. The van der Waals surface area contributed by atoms with Gasteiger partial charge in [-0.1, -0.05) is 13.8 Å². The zero-order chi connectivity index (χ0) is 8.77. The van der Waals surface area contributed by atoms with Gasteiger partial charge in [-0.25, -0.2) is 0 Å². The Labute approximate surface area is 74.9 Å². The maximum absolute atomic E-state index is 5.22. The number of epoxide rings is 1. The third-order valence-electron chi connectivity index (χ3n) is 3.39. The summed E-state index contributed by atoms with van der Waals surface area (Å²) in [4.78, 5) is 2.47. The molecule has 1 unspecified atom stereocenters. The van der Waals surface area contributed by atoms with Crippen LogP contribution in [0.25, 0.3) is 0 Å². The van der Waals surface area contributed by atoms with Crippen LogP contribution in [0.4, 0.5) is 0 Å². The van der Waals surface area contributed by atoms with Gasteiger partial charge in [-0.05, 0) is 25.3 Å². The van der Waals surface area contributed by atoms with E-state index in [9.17, 15) is 0 Å². The van der Waals surface area contributed by atoms with Crippen molar-refractivity contribution in [3.05, 3.63) is 0 Å². The van der Waals surface area contributed by atoms with Crippen molar-refractivity contribution in [3.8, 4) is 0 Å². The van der Waals surface area contributed by atoms with Crippen molar-refractivity contribution in [3.63, 3.8) is 0 Å². The highest BCUT2D eigenvalue weighted by Crippen LogP contribution is 2.43. The predicted molar refractivity (Wildman–Crippen MR) is 49.2 cm³/mol. The SMILES string of the molecule is CN(C[C@H]1CO1)C1CCC1(C)C. The molecular formula is C10H19NO. The first-order valence-corrected chi connectivity index (χ1v) is 4.91. The number of hydrogen-bond acceptors (Lipinski definition) is 2. The van der Waals surface area contributed by atoms with Crippen LogP contribution in [0, 0.1) is 5.41 Å². The standard InChI is InChI=1S/C10H19NO/c1-10(2)5-4-9(10)11(3)6-8-7-12-8/h8-9H,4-7H2,1-3H3/t8-,9?/m0/s1. The van der Waals surface area contributed by atoms with Gasteiger partial charge < -0.3 is 9.64 Å². The molecule has 0 aromatic carbocycles. The molecule has 1 aliphatic heterocycles. The van der Waals surface area contributed by atoms with E-state index in [2.05, 4.69) is 25.8 Å². The molecule has 0 radical (unpaired) electrons. The average Bonchev–Trinajstić information content (AvgIpc) is 2.69. The van der Waals surface area contributed by atoms with Crippen LogP contribution >= 0.6 is 0 Å². The van der Waals surface area contributed by atoms with Crippen molar-refractivity contribution in [2.24, 2.45) is 5.41 Å². The predicted octanol–water partition coefficient (Wildman–Crippen LogP) is 1.51. The van der Waals surface area contributed by atoms with E-state index in [1.165, 1.54) is 12.8 Å². The summed E-state index contributed by atoms with van der Waals surface area (Å²) >= 11 is 0. The van der Waals surface area contributed by atoms with E-state index in [0.717, 1.165) is 19.2 Å². The second kappa shape index (κ2) is 2.71. The van der Waals surface area contributed by atoms with Gasteiger partial charge in [0.2, 0.25) is 0 Å². The van der Waals surface area contributed by atoms with E-state index in [4.69, 9.17) is 4.74 Å². The summed E-state index contributed by atoms with van der Waals surface area (Å²) in [7, 11) is 2.23. The summed E-state index contributed by atoms with van der Waals surface area (Å²) in [6, 6.07) is 0.793. The lowest BCUT2D eigenvalue weighted by molar-refractivity contribution is 0.0128. The monoisotopic (exact) mass is 169 g/mol. The van der Waals surface area contributed by atoms with Crippen molar-refractivity contribution in [2.45, 2.75) is 38.8 Å². The molecule has 1 saturated carbocycles. The number of rotatable bonds is 3. The quantitative estimate of drug-likeness (QED) is 0.595. The van der Waals surface area contributed by atoms with Crippen LogP contribution in [0.1, 0.15) is 26.7 Å². The molecule has 2 fully saturated rings. The first-order chi connectivity index (χ1) is 5.59. The third kappa shape index (κ3) is 1.50. The summed E-state index contributed by atoms with van der Waals surface area (Å²) in [6.07, 6.45) is 3.30. The molecule has 2 nitrogen and oxygen atoms in total. The highest BCUT2D eigenvalue weighted by molar-refractivity contribution is 4.95. The van der Waals surface area contributed by atoms with Crippen molar-refractivity contribution >= 4 is 0 Å². The lowest BCUT2D eigenvalue weighted by Crippen LogP contribution is -2.51. The van der Waals surface area contributed by atoms with E-state index in [1.807, 2.05) is 0 Å². The fourth-order valence-electron chi connectivity index (χ4n) is 2.29. The lowest BCUT2D eigenvalue weighted by atomic mass is 9.66. The molecule has 2 atom stereocenters. The van der Waals surface area contributed by atoms with Crippen molar-refractivity contribution in [2.75, 3.05) is 20.2 Å². The summed E-state index contributed by atoms with van der Waals surface area (Å²) < 4.78 is 5.22. The van der Waals surface area contributed by atoms with E-state index < -0.39 is 0 Å². The first kappa shape index (κ1) is 8.52. The summed E-state index contributed by atoms with van der Waals surface area (Å²) in [5, 5.41) is 0. The molecule has 0 spiro atoms. The van der Waals surface area contributed by atoms with Crippen LogP contribution in [-0.4, -0.2) is 37.2 Å². The minimum absolute atomic E-state index is 0.545. The van der Waals surface area contributed by atoms with Crippen LogP contribution in [0.2, 0.25) is 0 Å². The molecule has 0 aromatic rings. The minimum Gasteiger partial charge on any atom is -0.372 e. The topological polar surface area (TPSA) is 15.8 Å². The van der Waals surface area contributed by atoms with Gasteiger partial charge in [-0.2, -0.15) is 0 Å². The Kier molecular flexibility index (Phi) is 1.92. The zero-order valence-corrected chi connectivity index (χ0v) is 8.34. The number of ether oxygens (including phenoxy) is 1. The molecule has 2 aliphatic rings. The van der Waals surface area contributed by atoms with E-state index in [-0.39, 0.29) is 0 Å². The third-order valence-corrected chi connectivity index (χ3v) is 3.39. The second-order valence-corrected chi connectivity index (χ2v) is 4.94. The van der Waals surface area contributed by atoms with Crippen molar-refractivity contribution < 1.29 is 4.74 Å². The van der Waals surface area contributed by atoms with Crippen LogP contribution in [0.5, 0.6) is 0 Å². The van der Waals surface area contributed by atoms with Gasteiger partial charge in [0.15, 0.2) is 0 Å². The summed E-state index contributed by atoms with van der Waals surface area (Å²) in [5.74, 6) is 0. The lowest BCUT2D eigenvalue weighted by Gasteiger charge is -2.49. The maximum atomic E-state index is 5.22. The van der Waals surface area contributed by atoms with E-state index in [0.29, 0.717) is 11.5 Å². The van der Waals surface area contributed by atoms with Crippen molar-refractivity contribution in [1.82, 2.24) is 4.90 Å². The van der Waals surface area contributed by atoms with Gasteiger partial charge in [-0.15, -0.1) is 0 Å². The number of likely N-dealkylation sites (N-methyl/N-ethyl adjacent to an activating group) is 1. The molecule has 70 valence electrons. The highest BCUT2D eigenvalue weighted by Gasteiger charge is 2.42. The van der Waals surface area contributed by atoms with Crippen LogP contribution < -0.4 is 0 Å². The molecule has 0 aromatic heterocycles. The largest absolute Gasteiger partial charge is 0.372 e. The Morgan fingerprint density at radius 3 is 2.50 bits per heavy atom. The molecule has 0 amide bonds. The van der Waals surface area contributed by atoms with E-state index >= 15 is 0 Å². The molecule has 12 heavy (non-hydrogen) atoms. The second-order valence-electron chi connectivity index (χ2n) is 4.94. The summed E-state index contributed by atoms with van der Waals surface area (Å²) in [5.41, 5.74) is 0.545. The Balaban J connectivity index is 1.82. The van der Waals surface area contributed by atoms with Gasteiger partial charge >= 0.3 is 0 Å². The highest BCUT2D eigenvalue weighted by atomic mass is 16.6. The molecule has 0 N–H and O–H groups in total. The average molecular weight is 169 g/mol. The Bertz CT molecular complexity index is 175. The van der Waals surface area contributed by atoms with E-state index in [1.54, 1.807) is 0 Å². The van der Waals surface area contributed by atoms with Gasteiger partial charge in [0.05, 0.1) is 12.7 Å². The Morgan fingerprint density at radius 1 is 1.50 bits per heavy atom. The molecular weight excluding hydrogens is 150 g/mol. The minimum atomic E-state index is 0.545.